The minimum Gasteiger partial charge on any atom is -0.352 e. The third kappa shape index (κ3) is 3.63. The first-order valence-corrected chi connectivity index (χ1v) is 8.39. The van der Waals surface area contributed by atoms with Crippen LogP contribution in [-0.2, 0) is 23.6 Å². The summed E-state index contributed by atoms with van der Waals surface area (Å²) in [6, 6.07) is 5.64. The molecule has 1 aromatic carbocycles. The van der Waals surface area contributed by atoms with E-state index in [4.69, 9.17) is 0 Å². The number of aryl methyl sites for hydroxylation is 1. The van der Waals surface area contributed by atoms with Crippen LogP contribution in [0.2, 0.25) is 0 Å². The quantitative estimate of drug-likeness (QED) is 0.843. The van der Waals surface area contributed by atoms with Gasteiger partial charge in [-0.2, -0.15) is 0 Å². The van der Waals surface area contributed by atoms with Crippen molar-refractivity contribution >= 4 is 31.6 Å². The maximum Gasteiger partial charge on any atom is 0.263 e. The van der Waals surface area contributed by atoms with Crippen LogP contribution < -0.4 is 10.0 Å². The summed E-state index contributed by atoms with van der Waals surface area (Å²) in [5, 5.41) is 2.96. The first-order valence-electron chi connectivity index (χ1n) is 6.11. The van der Waals surface area contributed by atoms with E-state index >= 15 is 0 Å². The summed E-state index contributed by atoms with van der Waals surface area (Å²) in [4.78, 5) is 0.138. The number of nitrogens with one attached hydrogen (secondary N) is 2. The highest BCUT2D eigenvalue weighted by atomic mass is 79.9. The molecular formula is C13H15BrFN3O2S. The fourth-order valence-electron chi connectivity index (χ4n) is 1.85. The molecule has 21 heavy (non-hydrogen) atoms. The largest absolute Gasteiger partial charge is 0.352 e. The lowest BCUT2D eigenvalue weighted by atomic mass is 10.3. The molecule has 8 heteroatoms. The van der Waals surface area contributed by atoms with Crippen molar-refractivity contribution in [1.82, 2.24) is 9.88 Å². The lowest BCUT2D eigenvalue weighted by Crippen LogP contribution is -2.12. The van der Waals surface area contributed by atoms with E-state index in [1.165, 1.54) is 18.3 Å². The van der Waals surface area contributed by atoms with Crippen molar-refractivity contribution < 1.29 is 12.8 Å². The van der Waals surface area contributed by atoms with E-state index in [0.29, 0.717) is 6.54 Å². The summed E-state index contributed by atoms with van der Waals surface area (Å²) in [7, 11) is -0.193. The van der Waals surface area contributed by atoms with Crippen LogP contribution in [0.1, 0.15) is 5.69 Å². The molecule has 2 aromatic rings. The standard InChI is InChI=1S/C13H15BrFN3O2S/c1-16-7-10-6-11(8-18(10)2)21(19,20)17-9-3-4-12(14)13(15)5-9/h3-6,8,16-17H,7H2,1-2H3. The Morgan fingerprint density at radius 3 is 2.67 bits per heavy atom. The fourth-order valence-corrected chi connectivity index (χ4v) is 3.24. The molecular weight excluding hydrogens is 361 g/mol. The Balaban J connectivity index is 2.29. The average molecular weight is 376 g/mol. The third-order valence-corrected chi connectivity index (χ3v) is 4.91. The number of aromatic nitrogens is 1. The normalized spacial score (nSPS) is 11.6. The summed E-state index contributed by atoms with van der Waals surface area (Å²) < 4.78 is 42.4. The van der Waals surface area contributed by atoms with Crippen molar-refractivity contribution in [3.05, 3.63) is 46.4 Å². The van der Waals surface area contributed by atoms with Gasteiger partial charge in [0.15, 0.2) is 0 Å². The Morgan fingerprint density at radius 1 is 1.33 bits per heavy atom. The molecule has 0 spiro atoms. The minimum absolute atomic E-state index is 0.138. The SMILES string of the molecule is CNCc1cc(S(=O)(=O)Nc2ccc(Br)c(F)c2)cn1C. The predicted molar refractivity (Wildman–Crippen MR) is 83.1 cm³/mol. The molecule has 0 radical (unpaired) electrons. The van der Waals surface area contributed by atoms with Crippen molar-refractivity contribution in [3.8, 4) is 0 Å². The van der Waals surface area contributed by atoms with Crippen molar-refractivity contribution in [2.24, 2.45) is 7.05 Å². The minimum atomic E-state index is -3.74. The van der Waals surface area contributed by atoms with Crippen LogP contribution in [0.4, 0.5) is 10.1 Å². The molecule has 0 aliphatic rings. The maximum absolute atomic E-state index is 13.4. The molecule has 0 aliphatic carbocycles. The molecule has 0 amide bonds. The molecule has 1 aromatic heterocycles. The smallest absolute Gasteiger partial charge is 0.263 e. The van der Waals surface area contributed by atoms with Crippen molar-refractivity contribution in [3.63, 3.8) is 0 Å². The summed E-state index contributed by atoms with van der Waals surface area (Å²) in [5.41, 5.74) is 1.01. The van der Waals surface area contributed by atoms with Gasteiger partial charge in [0, 0.05) is 25.5 Å². The van der Waals surface area contributed by atoms with Gasteiger partial charge in [-0.15, -0.1) is 0 Å². The zero-order valence-corrected chi connectivity index (χ0v) is 13.9. The van der Waals surface area contributed by atoms with Crippen LogP contribution in [0, 0.1) is 5.82 Å². The maximum atomic E-state index is 13.4. The Labute approximate surface area is 131 Å². The van der Waals surface area contributed by atoms with Gasteiger partial charge in [0.05, 0.1) is 10.2 Å². The number of hydrogen-bond acceptors (Lipinski definition) is 3. The van der Waals surface area contributed by atoms with Crippen molar-refractivity contribution in [2.45, 2.75) is 11.4 Å². The number of hydrogen-bond donors (Lipinski definition) is 2. The lowest BCUT2D eigenvalue weighted by Gasteiger charge is -2.07. The van der Waals surface area contributed by atoms with Crippen LogP contribution in [0.25, 0.3) is 0 Å². The predicted octanol–water partition coefficient (Wildman–Crippen LogP) is 2.45. The Morgan fingerprint density at radius 2 is 2.05 bits per heavy atom. The van der Waals surface area contributed by atoms with Gasteiger partial charge in [-0.1, -0.05) is 0 Å². The monoisotopic (exact) mass is 375 g/mol. The van der Waals surface area contributed by atoms with Gasteiger partial charge in [0.1, 0.15) is 10.7 Å². The van der Waals surface area contributed by atoms with Gasteiger partial charge < -0.3 is 9.88 Å². The molecule has 0 saturated heterocycles. The topological polar surface area (TPSA) is 63.1 Å². The average Bonchev–Trinajstić information content (AvgIpc) is 2.77. The number of halogens is 2. The van der Waals surface area contributed by atoms with Crippen LogP contribution in [0.3, 0.4) is 0 Å². The highest BCUT2D eigenvalue weighted by Crippen LogP contribution is 2.22. The third-order valence-electron chi connectivity index (χ3n) is 2.92. The number of nitrogens with zero attached hydrogens (tertiary/aromatic N) is 1. The van der Waals surface area contributed by atoms with Gasteiger partial charge >= 0.3 is 0 Å². The van der Waals surface area contributed by atoms with Crippen LogP contribution in [0.5, 0.6) is 0 Å². The molecule has 0 fully saturated rings. The number of rotatable bonds is 5. The summed E-state index contributed by atoms with van der Waals surface area (Å²) in [5.74, 6) is -0.529. The Bertz CT molecular complexity index is 759. The lowest BCUT2D eigenvalue weighted by molar-refractivity contribution is 0.601. The Kier molecular flexibility index (Phi) is 4.70. The molecule has 0 saturated carbocycles. The molecule has 2 rings (SSSR count). The zero-order chi connectivity index (χ0) is 15.6. The molecule has 0 bridgehead atoms. The molecule has 5 nitrogen and oxygen atoms in total. The Hall–Kier alpha value is -1.38. The highest BCUT2D eigenvalue weighted by Gasteiger charge is 2.18. The van der Waals surface area contributed by atoms with Gasteiger partial charge in [-0.3, -0.25) is 4.72 Å². The molecule has 0 atom stereocenters. The molecule has 114 valence electrons. The van der Waals surface area contributed by atoms with Gasteiger partial charge in [-0.25, -0.2) is 12.8 Å². The second-order valence-corrected chi connectivity index (χ2v) is 7.08. The van der Waals surface area contributed by atoms with E-state index in [1.807, 2.05) is 0 Å². The zero-order valence-electron chi connectivity index (χ0n) is 11.5. The number of benzene rings is 1. The van der Waals surface area contributed by atoms with E-state index in [9.17, 15) is 12.8 Å². The van der Waals surface area contributed by atoms with Crippen LogP contribution >= 0.6 is 15.9 Å². The highest BCUT2D eigenvalue weighted by molar-refractivity contribution is 9.10. The molecule has 0 aliphatic heterocycles. The van der Waals surface area contributed by atoms with E-state index < -0.39 is 15.8 Å². The fraction of sp³-hybridized carbons (Fsp3) is 0.231. The van der Waals surface area contributed by atoms with Crippen molar-refractivity contribution in [1.29, 1.82) is 0 Å². The molecule has 1 heterocycles. The summed E-state index contributed by atoms with van der Waals surface area (Å²) in [6.45, 7) is 0.554. The van der Waals surface area contributed by atoms with E-state index in [1.54, 1.807) is 24.7 Å². The summed E-state index contributed by atoms with van der Waals surface area (Å²) in [6.07, 6.45) is 1.52. The first kappa shape index (κ1) is 16.0. The van der Waals surface area contributed by atoms with Gasteiger partial charge in [0.25, 0.3) is 10.0 Å². The first-order chi connectivity index (χ1) is 9.83. The van der Waals surface area contributed by atoms with Crippen LogP contribution in [0.15, 0.2) is 39.8 Å². The summed E-state index contributed by atoms with van der Waals surface area (Å²) >= 11 is 3.02. The number of anilines is 1. The van der Waals surface area contributed by atoms with E-state index in [2.05, 4.69) is 26.0 Å². The van der Waals surface area contributed by atoms with Gasteiger partial charge in [0.2, 0.25) is 0 Å². The molecule has 0 unspecified atom stereocenters. The van der Waals surface area contributed by atoms with Crippen LogP contribution in [-0.4, -0.2) is 20.0 Å². The molecule has 2 N–H and O–H groups in total. The second-order valence-electron chi connectivity index (χ2n) is 4.54. The second kappa shape index (κ2) is 6.17. The van der Waals surface area contributed by atoms with Crippen molar-refractivity contribution in [2.75, 3.05) is 11.8 Å². The van der Waals surface area contributed by atoms with E-state index in [-0.39, 0.29) is 15.1 Å². The number of sulfonamides is 1. The van der Waals surface area contributed by atoms with Gasteiger partial charge in [-0.05, 0) is 47.2 Å². The van der Waals surface area contributed by atoms with E-state index in [0.717, 1.165) is 11.8 Å².